The molecule has 0 bridgehead atoms. The van der Waals surface area contributed by atoms with E-state index in [0.717, 1.165) is 25.7 Å². The van der Waals surface area contributed by atoms with E-state index in [-0.39, 0.29) is 28.2 Å². The Morgan fingerprint density at radius 3 is 2.24 bits per heavy atom. The molecular weight excluding hydrogens is 456 g/mol. The standard InChI is InChI=1S/C25H32N2O6S/c1-19(2)27(21-11-7-6-8-12-21)24(28)18-33-25(29)20-13-14-22(32-3)23(17-20)34(30,31)26-15-9-4-5-10-16-26/h6-8,11-14,17,19H,4-5,9-10,15-16,18H2,1-3H3. The van der Waals surface area contributed by atoms with Gasteiger partial charge in [0.05, 0.1) is 12.7 Å². The molecule has 2 aromatic carbocycles. The molecule has 0 spiro atoms. The molecule has 184 valence electrons. The van der Waals surface area contributed by atoms with Gasteiger partial charge in [-0.25, -0.2) is 13.2 Å². The Morgan fingerprint density at radius 1 is 1.00 bits per heavy atom. The molecule has 1 aliphatic heterocycles. The van der Waals surface area contributed by atoms with E-state index in [9.17, 15) is 18.0 Å². The molecule has 1 heterocycles. The second-order valence-electron chi connectivity index (χ2n) is 8.45. The lowest BCUT2D eigenvalue weighted by Gasteiger charge is -2.26. The molecule has 9 heteroatoms. The molecule has 1 saturated heterocycles. The van der Waals surface area contributed by atoms with Crippen molar-refractivity contribution in [2.24, 2.45) is 0 Å². The summed E-state index contributed by atoms with van der Waals surface area (Å²) >= 11 is 0. The fourth-order valence-corrected chi connectivity index (χ4v) is 5.72. The van der Waals surface area contributed by atoms with Gasteiger partial charge >= 0.3 is 5.97 Å². The van der Waals surface area contributed by atoms with Gasteiger partial charge in [0.25, 0.3) is 5.91 Å². The molecule has 1 aliphatic rings. The number of anilines is 1. The van der Waals surface area contributed by atoms with Crippen molar-refractivity contribution in [3.05, 3.63) is 54.1 Å². The predicted molar refractivity (Wildman–Crippen MR) is 130 cm³/mol. The molecule has 0 unspecified atom stereocenters. The summed E-state index contributed by atoms with van der Waals surface area (Å²) in [6.07, 6.45) is 3.55. The molecule has 0 radical (unpaired) electrons. The van der Waals surface area contributed by atoms with Gasteiger partial charge in [-0.05, 0) is 57.0 Å². The van der Waals surface area contributed by atoms with Gasteiger partial charge in [0.2, 0.25) is 10.0 Å². The van der Waals surface area contributed by atoms with Crippen LogP contribution in [0.25, 0.3) is 0 Å². The smallest absolute Gasteiger partial charge is 0.338 e. The number of carbonyl (C=O) groups is 2. The molecule has 0 atom stereocenters. The van der Waals surface area contributed by atoms with E-state index < -0.39 is 22.6 Å². The van der Waals surface area contributed by atoms with Crippen molar-refractivity contribution in [2.45, 2.75) is 50.5 Å². The number of nitrogens with zero attached hydrogens (tertiary/aromatic N) is 2. The number of carbonyl (C=O) groups excluding carboxylic acids is 2. The van der Waals surface area contributed by atoms with Crippen LogP contribution in [0.3, 0.4) is 0 Å². The fourth-order valence-electron chi connectivity index (χ4n) is 4.03. The Kier molecular flexibility index (Phi) is 8.68. The van der Waals surface area contributed by atoms with E-state index in [4.69, 9.17) is 9.47 Å². The third-order valence-corrected chi connectivity index (χ3v) is 7.65. The van der Waals surface area contributed by atoms with E-state index in [1.165, 1.54) is 29.6 Å². The van der Waals surface area contributed by atoms with Gasteiger partial charge in [-0.2, -0.15) is 4.31 Å². The van der Waals surface area contributed by atoms with Crippen molar-refractivity contribution in [3.63, 3.8) is 0 Å². The van der Waals surface area contributed by atoms with Crippen LogP contribution in [-0.2, 0) is 19.6 Å². The first kappa shape index (κ1) is 25.7. The molecule has 0 aliphatic carbocycles. The zero-order valence-electron chi connectivity index (χ0n) is 19.9. The summed E-state index contributed by atoms with van der Waals surface area (Å²) in [7, 11) is -2.46. The summed E-state index contributed by atoms with van der Waals surface area (Å²) in [6.45, 7) is 4.14. The van der Waals surface area contributed by atoms with Gasteiger partial charge in [-0.3, -0.25) is 4.79 Å². The van der Waals surface area contributed by atoms with Crippen molar-refractivity contribution >= 4 is 27.6 Å². The van der Waals surface area contributed by atoms with Crippen LogP contribution in [0.5, 0.6) is 5.75 Å². The van der Waals surface area contributed by atoms with E-state index in [0.29, 0.717) is 18.8 Å². The molecule has 8 nitrogen and oxygen atoms in total. The third-order valence-electron chi connectivity index (χ3n) is 5.73. The number of para-hydroxylation sites is 1. The highest BCUT2D eigenvalue weighted by molar-refractivity contribution is 7.89. The van der Waals surface area contributed by atoms with Gasteiger partial charge in [0.1, 0.15) is 10.6 Å². The molecule has 0 N–H and O–H groups in total. The van der Waals surface area contributed by atoms with E-state index in [1.807, 2.05) is 44.2 Å². The minimum Gasteiger partial charge on any atom is -0.495 e. The number of esters is 1. The minimum atomic E-state index is -3.85. The summed E-state index contributed by atoms with van der Waals surface area (Å²) < 4.78 is 38.6. The van der Waals surface area contributed by atoms with Crippen LogP contribution in [0, 0.1) is 0 Å². The van der Waals surface area contributed by atoms with Gasteiger partial charge in [0, 0.05) is 24.8 Å². The zero-order valence-corrected chi connectivity index (χ0v) is 20.7. The lowest BCUT2D eigenvalue weighted by Crippen LogP contribution is -2.39. The molecular formula is C25H32N2O6S. The highest BCUT2D eigenvalue weighted by atomic mass is 32.2. The Morgan fingerprint density at radius 2 is 1.65 bits per heavy atom. The fraction of sp³-hybridized carbons (Fsp3) is 0.440. The molecule has 3 rings (SSSR count). The Balaban J connectivity index is 1.78. The van der Waals surface area contributed by atoms with Crippen LogP contribution in [0.15, 0.2) is 53.4 Å². The summed E-state index contributed by atoms with van der Waals surface area (Å²) in [6, 6.07) is 13.1. The zero-order chi connectivity index (χ0) is 24.7. The van der Waals surface area contributed by atoms with Crippen LogP contribution >= 0.6 is 0 Å². The Labute approximate surface area is 201 Å². The first-order chi connectivity index (χ1) is 16.3. The maximum atomic E-state index is 13.3. The minimum absolute atomic E-state index is 0.0396. The number of ether oxygens (including phenoxy) is 2. The number of amides is 1. The summed E-state index contributed by atoms with van der Waals surface area (Å²) in [5.74, 6) is -0.993. The normalized spacial score (nSPS) is 14.9. The maximum Gasteiger partial charge on any atom is 0.338 e. The van der Waals surface area contributed by atoms with Gasteiger partial charge in [0.15, 0.2) is 6.61 Å². The third kappa shape index (κ3) is 5.95. The highest BCUT2D eigenvalue weighted by Gasteiger charge is 2.29. The average molecular weight is 489 g/mol. The maximum absolute atomic E-state index is 13.3. The van der Waals surface area contributed by atoms with Crippen molar-refractivity contribution in [3.8, 4) is 5.75 Å². The number of hydrogen-bond acceptors (Lipinski definition) is 6. The second kappa shape index (κ2) is 11.5. The number of methoxy groups -OCH3 is 1. The number of benzene rings is 2. The van der Waals surface area contributed by atoms with Crippen molar-refractivity contribution in [2.75, 3.05) is 31.7 Å². The quantitative estimate of drug-likeness (QED) is 0.524. The molecule has 34 heavy (non-hydrogen) atoms. The largest absolute Gasteiger partial charge is 0.495 e. The first-order valence-corrected chi connectivity index (χ1v) is 12.9. The topological polar surface area (TPSA) is 93.2 Å². The Hall–Kier alpha value is -2.91. The average Bonchev–Trinajstić information content (AvgIpc) is 3.13. The number of sulfonamides is 1. The first-order valence-electron chi connectivity index (χ1n) is 11.5. The molecule has 0 saturated carbocycles. The Bertz CT molecular complexity index is 1090. The van der Waals surface area contributed by atoms with Crippen LogP contribution in [-0.4, -0.2) is 57.4 Å². The molecule has 1 amide bonds. The van der Waals surface area contributed by atoms with Crippen LogP contribution in [0.2, 0.25) is 0 Å². The van der Waals surface area contributed by atoms with Crippen molar-refractivity contribution < 1.29 is 27.5 Å². The SMILES string of the molecule is COc1ccc(C(=O)OCC(=O)N(c2ccccc2)C(C)C)cc1S(=O)(=O)N1CCCCCC1. The lowest BCUT2D eigenvalue weighted by molar-refractivity contribution is -0.122. The second-order valence-corrected chi connectivity index (χ2v) is 10.4. The number of hydrogen-bond donors (Lipinski definition) is 0. The van der Waals surface area contributed by atoms with E-state index >= 15 is 0 Å². The van der Waals surface area contributed by atoms with Gasteiger partial charge in [-0.15, -0.1) is 0 Å². The summed E-state index contributed by atoms with van der Waals surface area (Å²) in [5, 5.41) is 0. The summed E-state index contributed by atoms with van der Waals surface area (Å²) in [5.41, 5.74) is 0.742. The summed E-state index contributed by atoms with van der Waals surface area (Å²) in [4.78, 5) is 27.0. The van der Waals surface area contributed by atoms with Crippen LogP contribution in [0.1, 0.15) is 49.9 Å². The van der Waals surface area contributed by atoms with Crippen molar-refractivity contribution in [1.82, 2.24) is 4.31 Å². The highest BCUT2D eigenvalue weighted by Crippen LogP contribution is 2.29. The monoisotopic (exact) mass is 488 g/mol. The van der Waals surface area contributed by atoms with Gasteiger partial charge < -0.3 is 14.4 Å². The van der Waals surface area contributed by atoms with E-state index in [1.54, 1.807) is 4.90 Å². The van der Waals surface area contributed by atoms with Crippen molar-refractivity contribution in [1.29, 1.82) is 0 Å². The van der Waals surface area contributed by atoms with Crippen LogP contribution < -0.4 is 9.64 Å². The molecule has 0 aromatic heterocycles. The van der Waals surface area contributed by atoms with Gasteiger partial charge in [-0.1, -0.05) is 31.0 Å². The lowest BCUT2D eigenvalue weighted by atomic mass is 10.2. The number of rotatable bonds is 8. The van der Waals surface area contributed by atoms with E-state index in [2.05, 4.69) is 0 Å². The molecule has 2 aromatic rings. The predicted octanol–water partition coefficient (Wildman–Crippen LogP) is 3.86. The van der Waals surface area contributed by atoms with Crippen LogP contribution in [0.4, 0.5) is 5.69 Å². The molecule has 1 fully saturated rings.